The van der Waals surface area contributed by atoms with Crippen molar-refractivity contribution in [3.63, 3.8) is 0 Å². The number of pyridine rings is 1. The molecule has 0 spiro atoms. The van der Waals surface area contributed by atoms with Gasteiger partial charge in [-0.05, 0) is 67.3 Å². The molecule has 4 rings (SSSR count). The molecule has 2 aromatic heterocycles. The van der Waals surface area contributed by atoms with Gasteiger partial charge in [0.1, 0.15) is 11.5 Å². The molecule has 0 saturated carbocycles. The van der Waals surface area contributed by atoms with E-state index in [1.807, 2.05) is 61.7 Å². The Morgan fingerprint density at radius 1 is 1.03 bits per heavy atom. The Balaban J connectivity index is 1.70. The van der Waals surface area contributed by atoms with Crippen molar-refractivity contribution in [2.24, 2.45) is 0 Å². The molecule has 30 heavy (non-hydrogen) atoms. The van der Waals surface area contributed by atoms with Gasteiger partial charge < -0.3 is 9.72 Å². The zero-order valence-electron chi connectivity index (χ0n) is 17.3. The van der Waals surface area contributed by atoms with Crippen LogP contribution in [0.2, 0.25) is 0 Å². The summed E-state index contributed by atoms with van der Waals surface area (Å²) in [5, 5.41) is 2.96. The molecule has 1 N–H and O–H groups in total. The van der Waals surface area contributed by atoms with Gasteiger partial charge in [-0.25, -0.2) is 9.37 Å². The third-order valence-electron chi connectivity index (χ3n) is 5.58. The van der Waals surface area contributed by atoms with E-state index in [2.05, 4.69) is 10.3 Å². The quantitative estimate of drug-likeness (QED) is 0.476. The van der Waals surface area contributed by atoms with E-state index in [0.29, 0.717) is 5.56 Å². The zero-order chi connectivity index (χ0) is 21.3. The molecule has 0 fully saturated rings. The lowest BCUT2D eigenvalue weighted by Crippen LogP contribution is -2.18. The molecule has 1 amide bonds. The molecule has 152 valence electrons. The molecule has 0 bridgehead atoms. The van der Waals surface area contributed by atoms with Gasteiger partial charge in [-0.2, -0.15) is 0 Å². The van der Waals surface area contributed by atoms with E-state index in [1.165, 1.54) is 11.6 Å². The molecule has 1 unspecified atom stereocenters. The molecular weight excluding hydrogens is 377 g/mol. The summed E-state index contributed by atoms with van der Waals surface area (Å²) < 4.78 is 16.7. The fourth-order valence-corrected chi connectivity index (χ4v) is 3.78. The van der Waals surface area contributed by atoms with Crippen molar-refractivity contribution >= 4 is 17.2 Å². The lowest BCUT2D eigenvalue weighted by molar-refractivity contribution is -0.116. The van der Waals surface area contributed by atoms with E-state index in [0.717, 1.165) is 28.2 Å². The summed E-state index contributed by atoms with van der Waals surface area (Å²) in [4.78, 5) is 17.5. The van der Waals surface area contributed by atoms with Crippen molar-refractivity contribution < 1.29 is 9.18 Å². The van der Waals surface area contributed by atoms with Gasteiger partial charge in [0.05, 0.1) is 5.69 Å². The standard InChI is InChI=1S/C25H24FN3O/c1-16-10-11-19(13-18(16)3)28-24(30)14-21(20-8-4-5-9-22(20)26)23-15-27-25-17(2)7-6-12-29(23)25/h4-13,15,21H,14H2,1-3H3,(H,28,30). The van der Waals surface area contributed by atoms with Crippen LogP contribution in [0.15, 0.2) is 67.0 Å². The average molecular weight is 401 g/mol. The monoisotopic (exact) mass is 401 g/mol. The predicted molar refractivity (Wildman–Crippen MR) is 117 cm³/mol. The molecule has 1 atom stereocenters. The number of amides is 1. The molecule has 0 radical (unpaired) electrons. The van der Waals surface area contributed by atoms with Crippen molar-refractivity contribution in [1.82, 2.24) is 9.38 Å². The van der Waals surface area contributed by atoms with E-state index in [4.69, 9.17) is 0 Å². The lowest BCUT2D eigenvalue weighted by Gasteiger charge is -2.18. The van der Waals surface area contributed by atoms with Crippen LogP contribution in [0.3, 0.4) is 0 Å². The second kappa shape index (κ2) is 8.11. The first kappa shape index (κ1) is 19.8. The molecule has 4 nitrogen and oxygen atoms in total. The zero-order valence-corrected chi connectivity index (χ0v) is 17.3. The van der Waals surface area contributed by atoms with E-state index in [-0.39, 0.29) is 18.1 Å². The van der Waals surface area contributed by atoms with Crippen molar-refractivity contribution in [3.05, 3.63) is 101 Å². The number of hydrogen-bond acceptors (Lipinski definition) is 2. The summed E-state index contributed by atoms with van der Waals surface area (Å²) in [6.45, 7) is 6.02. The van der Waals surface area contributed by atoms with Crippen LogP contribution >= 0.6 is 0 Å². The van der Waals surface area contributed by atoms with Crippen LogP contribution in [0, 0.1) is 26.6 Å². The number of hydrogen-bond donors (Lipinski definition) is 1. The van der Waals surface area contributed by atoms with Crippen LogP contribution in [-0.2, 0) is 4.79 Å². The second-order valence-corrected chi connectivity index (χ2v) is 7.69. The van der Waals surface area contributed by atoms with Crippen LogP contribution in [-0.4, -0.2) is 15.3 Å². The molecule has 0 aliphatic rings. The van der Waals surface area contributed by atoms with Gasteiger partial charge in [0, 0.05) is 30.4 Å². The Bertz CT molecular complexity index is 1230. The first-order valence-electron chi connectivity index (χ1n) is 9.98. The summed E-state index contributed by atoms with van der Waals surface area (Å²) in [6, 6.07) is 16.3. The topological polar surface area (TPSA) is 46.4 Å². The van der Waals surface area contributed by atoms with E-state index in [1.54, 1.807) is 24.4 Å². The maximum Gasteiger partial charge on any atom is 0.225 e. The van der Waals surface area contributed by atoms with Crippen molar-refractivity contribution in [3.8, 4) is 0 Å². The number of halogens is 1. The number of nitrogens with one attached hydrogen (secondary N) is 1. The van der Waals surface area contributed by atoms with E-state index < -0.39 is 5.92 Å². The summed E-state index contributed by atoms with van der Waals surface area (Å²) >= 11 is 0. The van der Waals surface area contributed by atoms with Crippen LogP contribution in [0.25, 0.3) is 5.65 Å². The number of carbonyl (C=O) groups excluding carboxylic acids is 1. The Labute approximate surface area is 175 Å². The number of carbonyl (C=O) groups is 1. The summed E-state index contributed by atoms with van der Waals surface area (Å²) in [7, 11) is 0. The normalized spacial score (nSPS) is 12.1. The number of fused-ring (bicyclic) bond motifs is 1. The smallest absolute Gasteiger partial charge is 0.225 e. The molecule has 4 aromatic rings. The van der Waals surface area contributed by atoms with Crippen LogP contribution in [0.1, 0.15) is 40.3 Å². The summed E-state index contributed by atoms with van der Waals surface area (Å²) in [6.07, 6.45) is 3.75. The number of aromatic nitrogens is 2. The highest BCUT2D eigenvalue weighted by Crippen LogP contribution is 2.31. The minimum Gasteiger partial charge on any atom is -0.326 e. The number of anilines is 1. The van der Waals surface area contributed by atoms with Gasteiger partial charge >= 0.3 is 0 Å². The maximum atomic E-state index is 14.7. The minimum absolute atomic E-state index is 0.107. The minimum atomic E-state index is -0.463. The van der Waals surface area contributed by atoms with Crippen LogP contribution in [0.4, 0.5) is 10.1 Å². The molecule has 0 aliphatic carbocycles. The SMILES string of the molecule is Cc1ccc(NC(=O)CC(c2ccccc2F)c2cnc3c(C)cccn23)cc1C. The molecular formula is C25H24FN3O. The fourth-order valence-electron chi connectivity index (χ4n) is 3.78. The first-order chi connectivity index (χ1) is 14.4. The molecule has 0 saturated heterocycles. The number of benzene rings is 2. The predicted octanol–water partition coefficient (Wildman–Crippen LogP) is 5.56. The second-order valence-electron chi connectivity index (χ2n) is 7.69. The molecule has 5 heteroatoms. The highest BCUT2D eigenvalue weighted by atomic mass is 19.1. The van der Waals surface area contributed by atoms with Crippen LogP contribution < -0.4 is 5.32 Å². The van der Waals surface area contributed by atoms with Gasteiger partial charge in [0.2, 0.25) is 5.91 Å². The summed E-state index contributed by atoms with van der Waals surface area (Å²) in [5.41, 5.74) is 6.11. The maximum absolute atomic E-state index is 14.7. The van der Waals surface area contributed by atoms with E-state index >= 15 is 0 Å². The van der Waals surface area contributed by atoms with Gasteiger partial charge in [-0.3, -0.25) is 4.79 Å². The van der Waals surface area contributed by atoms with Crippen molar-refractivity contribution in [1.29, 1.82) is 0 Å². The Morgan fingerprint density at radius 2 is 1.83 bits per heavy atom. The van der Waals surface area contributed by atoms with Crippen molar-refractivity contribution in [2.75, 3.05) is 5.32 Å². The Kier molecular flexibility index (Phi) is 5.36. The number of aryl methyl sites for hydroxylation is 3. The van der Waals surface area contributed by atoms with Gasteiger partial charge in [0.25, 0.3) is 0 Å². The number of nitrogens with zero attached hydrogens (tertiary/aromatic N) is 2. The molecule has 0 aliphatic heterocycles. The lowest BCUT2D eigenvalue weighted by atomic mass is 9.91. The number of imidazole rings is 1. The van der Waals surface area contributed by atoms with Gasteiger partial charge in [0.15, 0.2) is 0 Å². The average Bonchev–Trinajstić information content (AvgIpc) is 3.15. The highest BCUT2D eigenvalue weighted by molar-refractivity contribution is 5.91. The third kappa shape index (κ3) is 3.83. The van der Waals surface area contributed by atoms with E-state index in [9.17, 15) is 9.18 Å². The number of rotatable bonds is 5. The Morgan fingerprint density at radius 3 is 2.60 bits per heavy atom. The molecule has 2 aromatic carbocycles. The summed E-state index contributed by atoms with van der Waals surface area (Å²) in [5.74, 6) is -0.965. The van der Waals surface area contributed by atoms with Gasteiger partial charge in [-0.15, -0.1) is 0 Å². The van der Waals surface area contributed by atoms with Gasteiger partial charge in [-0.1, -0.05) is 30.3 Å². The third-order valence-corrected chi connectivity index (χ3v) is 5.58. The van der Waals surface area contributed by atoms with Crippen LogP contribution in [0.5, 0.6) is 0 Å². The highest BCUT2D eigenvalue weighted by Gasteiger charge is 2.24. The molecule has 2 heterocycles. The Hall–Kier alpha value is -3.47. The largest absolute Gasteiger partial charge is 0.326 e. The first-order valence-corrected chi connectivity index (χ1v) is 9.98. The van der Waals surface area contributed by atoms with Crippen molar-refractivity contribution in [2.45, 2.75) is 33.1 Å². The fraction of sp³-hybridized carbons (Fsp3) is 0.200.